The van der Waals surface area contributed by atoms with Crippen LogP contribution in [-0.2, 0) is 6.54 Å². The van der Waals surface area contributed by atoms with E-state index in [1.165, 1.54) is 7.11 Å². The van der Waals surface area contributed by atoms with Crippen LogP contribution in [0.2, 0.25) is 5.02 Å². The van der Waals surface area contributed by atoms with E-state index in [0.717, 1.165) is 10.9 Å². The van der Waals surface area contributed by atoms with E-state index >= 15 is 0 Å². The number of H-pyrrole nitrogens is 1. The number of aliphatic hydroxyl groups excluding tert-OH is 1. The van der Waals surface area contributed by atoms with Gasteiger partial charge in [0.1, 0.15) is 5.75 Å². The van der Waals surface area contributed by atoms with Crippen molar-refractivity contribution in [2.45, 2.75) is 26.4 Å². The highest BCUT2D eigenvalue weighted by Crippen LogP contribution is 2.32. The number of aromatic nitrogens is 5. The quantitative estimate of drug-likeness (QED) is 0.311. The molecule has 2 heterocycles. The first kappa shape index (κ1) is 22.6. The van der Waals surface area contributed by atoms with Gasteiger partial charge in [-0.3, -0.25) is 9.89 Å². The fraction of sp³-hybridized carbons (Fsp3) is 0.273. The summed E-state index contributed by atoms with van der Waals surface area (Å²) in [6, 6.07) is 8.81. The minimum Gasteiger partial charge on any atom is -0.496 e. The summed E-state index contributed by atoms with van der Waals surface area (Å²) in [4.78, 5) is 17.0. The fourth-order valence-electron chi connectivity index (χ4n) is 3.37. The van der Waals surface area contributed by atoms with Crippen molar-refractivity contribution in [1.29, 1.82) is 0 Å². The maximum atomic E-state index is 12.5. The lowest BCUT2D eigenvalue weighted by Gasteiger charge is -2.12. The van der Waals surface area contributed by atoms with Crippen molar-refractivity contribution in [3.05, 3.63) is 47.1 Å². The van der Waals surface area contributed by atoms with Gasteiger partial charge in [0.15, 0.2) is 5.82 Å². The van der Waals surface area contributed by atoms with Crippen LogP contribution in [0, 0.1) is 0 Å². The molecule has 4 rings (SSSR count). The van der Waals surface area contributed by atoms with Gasteiger partial charge in [0.25, 0.3) is 5.91 Å². The molecule has 0 aliphatic heterocycles. The Hall–Kier alpha value is -3.63. The fourth-order valence-corrected chi connectivity index (χ4v) is 3.63. The first-order valence-corrected chi connectivity index (χ1v) is 10.7. The monoisotopic (exact) mass is 469 g/mol. The van der Waals surface area contributed by atoms with Gasteiger partial charge in [0.05, 0.1) is 48.2 Å². The molecule has 0 spiro atoms. The molecule has 10 nitrogen and oxygen atoms in total. The third-order valence-corrected chi connectivity index (χ3v) is 5.32. The Morgan fingerprint density at radius 3 is 2.85 bits per heavy atom. The van der Waals surface area contributed by atoms with Crippen LogP contribution < -0.4 is 15.4 Å². The minimum atomic E-state index is -0.223. The van der Waals surface area contributed by atoms with E-state index in [0.29, 0.717) is 39.4 Å². The summed E-state index contributed by atoms with van der Waals surface area (Å²) in [7, 11) is 1.50. The first-order valence-electron chi connectivity index (χ1n) is 10.3. The zero-order valence-electron chi connectivity index (χ0n) is 18.4. The molecule has 0 saturated heterocycles. The number of rotatable bonds is 8. The van der Waals surface area contributed by atoms with E-state index in [9.17, 15) is 9.90 Å². The van der Waals surface area contributed by atoms with Gasteiger partial charge in [-0.2, -0.15) is 10.1 Å². The number of amides is 1. The summed E-state index contributed by atoms with van der Waals surface area (Å²) in [6.45, 7) is 3.89. The molecular formula is C22H24ClN7O3. The van der Waals surface area contributed by atoms with Crippen LogP contribution in [-0.4, -0.2) is 55.7 Å². The van der Waals surface area contributed by atoms with Crippen LogP contribution in [0.1, 0.15) is 24.2 Å². The van der Waals surface area contributed by atoms with Gasteiger partial charge in [-0.1, -0.05) is 17.7 Å². The number of benzene rings is 2. The predicted octanol–water partition coefficient (Wildman–Crippen LogP) is 3.36. The van der Waals surface area contributed by atoms with Crippen LogP contribution in [0.25, 0.3) is 22.3 Å². The van der Waals surface area contributed by atoms with Gasteiger partial charge in [-0.05, 0) is 38.1 Å². The normalized spacial score (nSPS) is 11.2. The minimum absolute atomic E-state index is 0.000503. The van der Waals surface area contributed by atoms with E-state index in [1.54, 1.807) is 29.1 Å². The summed E-state index contributed by atoms with van der Waals surface area (Å²) in [5, 5.41) is 28.2. The zero-order valence-corrected chi connectivity index (χ0v) is 19.1. The van der Waals surface area contributed by atoms with Crippen LogP contribution in [0.3, 0.4) is 0 Å². The first-order chi connectivity index (χ1) is 15.9. The molecule has 172 valence electrons. The van der Waals surface area contributed by atoms with Crippen molar-refractivity contribution < 1.29 is 14.6 Å². The Morgan fingerprint density at radius 1 is 1.30 bits per heavy atom. The second kappa shape index (κ2) is 9.47. The number of aliphatic hydroxyl groups is 1. The number of nitrogens with zero attached hydrogens (tertiary/aromatic N) is 4. The number of ether oxygens (including phenoxy) is 1. The number of carbonyl (C=O) groups excluding carboxylic acids is 1. The van der Waals surface area contributed by atoms with Gasteiger partial charge in [-0.15, -0.1) is 5.10 Å². The number of methoxy groups -OCH3 is 1. The molecule has 2 aromatic carbocycles. The lowest BCUT2D eigenvalue weighted by molar-refractivity contribution is 0.0940. The van der Waals surface area contributed by atoms with Gasteiger partial charge in [-0.25, -0.2) is 4.68 Å². The van der Waals surface area contributed by atoms with Crippen molar-refractivity contribution in [3.8, 4) is 17.1 Å². The van der Waals surface area contributed by atoms with Gasteiger partial charge in [0.2, 0.25) is 5.95 Å². The Labute approximate surface area is 194 Å². The van der Waals surface area contributed by atoms with Crippen LogP contribution in [0.15, 0.2) is 36.5 Å². The molecule has 4 aromatic rings. The highest BCUT2D eigenvalue weighted by atomic mass is 35.5. The molecule has 4 N–H and O–H groups in total. The highest BCUT2D eigenvalue weighted by molar-refractivity contribution is 6.38. The molecule has 0 radical (unpaired) electrons. The molecule has 0 fully saturated rings. The summed E-state index contributed by atoms with van der Waals surface area (Å²) in [5.41, 5.74) is 2.52. The van der Waals surface area contributed by atoms with Crippen LogP contribution in [0.5, 0.6) is 5.75 Å². The maximum Gasteiger partial charge on any atom is 0.255 e. The third-order valence-electron chi connectivity index (χ3n) is 4.91. The van der Waals surface area contributed by atoms with Gasteiger partial charge in [0, 0.05) is 17.0 Å². The summed E-state index contributed by atoms with van der Waals surface area (Å²) < 4.78 is 6.99. The number of anilines is 2. The number of hydrogen-bond acceptors (Lipinski definition) is 7. The number of nitrogens with one attached hydrogen (secondary N) is 3. The second-order valence-corrected chi connectivity index (χ2v) is 8.01. The lowest BCUT2D eigenvalue weighted by Crippen LogP contribution is -2.30. The summed E-state index contributed by atoms with van der Waals surface area (Å²) in [6.07, 6.45) is 1.65. The van der Waals surface area contributed by atoms with Gasteiger partial charge < -0.3 is 20.5 Å². The molecule has 0 saturated carbocycles. The van der Waals surface area contributed by atoms with E-state index in [-0.39, 0.29) is 25.1 Å². The number of halogens is 1. The van der Waals surface area contributed by atoms with Crippen molar-refractivity contribution >= 4 is 40.0 Å². The number of aromatic amines is 1. The molecular weight excluding hydrogens is 446 g/mol. The maximum absolute atomic E-state index is 12.5. The van der Waals surface area contributed by atoms with Crippen molar-refractivity contribution in [2.75, 3.05) is 19.0 Å². The topological polar surface area (TPSA) is 130 Å². The number of hydrogen-bond donors (Lipinski definition) is 4. The standard InChI is InChI=1S/C22H24ClN7O3/c1-12(2)25-21(32)14-5-4-13(10-18(14)33-3)20-27-22(30(29-20)8-9-31)26-17-7-6-16-15(19(17)23)11-24-28-16/h4-7,10-12,31H,8-9H2,1-3H3,(H,24,28)(H,25,32)(H,26,27,29). The Balaban J connectivity index is 1.68. The Kier molecular flexibility index (Phi) is 6.47. The summed E-state index contributed by atoms with van der Waals surface area (Å²) in [5.74, 6) is 0.996. The molecule has 11 heteroatoms. The van der Waals surface area contributed by atoms with Crippen molar-refractivity contribution in [1.82, 2.24) is 30.3 Å². The zero-order chi connectivity index (χ0) is 23.5. The number of fused-ring (bicyclic) bond motifs is 1. The molecule has 0 atom stereocenters. The van der Waals surface area contributed by atoms with Crippen molar-refractivity contribution in [2.24, 2.45) is 0 Å². The van der Waals surface area contributed by atoms with E-state index in [2.05, 4.69) is 30.9 Å². The lowest BCUT2D eigenvalue weighted by atomic mass is 10.1. The van der Waals surface area contributed by atoms with E-state index in [4.69, 9.17) is 16.3 Å². The molecule has 33 heavy (non-hydrogen) atoms. The molecule has 2 aromatic heterocycles. The number of carbonyl (C=O) groups is 1. The Bertz CT molecular complexity index is 1300. The molecule has 0 aliphatic rings. The Morgan fingerprint density at radius 2 is 2.12 bits per heavy atom. The van der Waals surface area contributed by atoms with E-state index < -0.39 is 0 Å². The highest BCUT2D eigenvalue weighted by Gasteiger charge is 2.18. The molecule has 0 unspecified atom stereocenters. The third kappa shape index (κ3) is 4.62. The van der Waals surface area contributed by atoms with Crippen LogP contribution in [0.4, 0.5) is 11.6 Å². The van der Waals surface area contributed by atoms with Gasteiger partial charge >= 0.3 is 0 Å². The predicted molar refractivity (Wildman–Crippen MR) is 126 cm³/mol. The van der Waals surface area contributed by atoms with Crippen LogP contribution >= 0.6 is 11.6 Å². The summed E-state index contributed by atoms with van der Waals surface area (Å²) >= 11 is 6.52. The average Bonchev–Trinajstić information content (AvgIpc) is 3.43. The SMILES string of the molecule is COc1cc(-c2nc(Nc3ccc4[nH]ncc4c3Cl)n(CCO)n2)ccc1C(=O)NC(C)C. The average molecular weight is 470 g/mol. The molecule has 0 bridgehead atoms. The van der Waals surface area contributed by atoms with Crippen molar-refractivity contribution in [3.63, 3.8) is 0 Å². The smallest absolute Gasteiger partial charge is 0.255 e. The second-order valence-electron chi connectivity index (χ2n) is 7.63. The largest absolute Gasteiger partial charge is 0.496 e. The van der Waals surface area contributed by atoms with E-state index in [1.807, 2.05) is 26.0 Å². The molecule has 0 aliphatic carbocycles. The molecule has 1 amide bonds.